The molecule has 9 heteroatoms. The Morgan fingerprint density at radius 3 is 2.41 bits per heavy atom. The first-order valence-corrected chi connectivity index (χ1v) is 9.01. The van der Waals surface area contributed by atoms with Gasteiger partial charge in [0.25, 0.3) is 0 Å². The van der Waals surface area contributed by atoms with E-state index in [1.165, 1.54) is 27.6 Å². The Bertz CT molecular complexity index is 992. The molecule has 0 radical (unpaired) electrons. The third-order valence-electron chi connectivity index (χ3n) is 3.89. The quantitative estimate of drug-likeness (QED) is 0.519. The molecule has 0 bridgehead atoms. The van der Waals surface area contributed by atoms with Gasteiger partial charge < -0.3 is 5.84 Å². The van der Waals surface area contributed by atoms with E-state index in [4.69, 9.17) is 17.4 Å². The largest absolute Gasteiger partial charge is 0.416 e. The number of benzene rings is 2. The molecule has 2 N–H and O–H groups in total. The molecule has 3 nitrogen and oxygen atoms in total. The van der Waals surface area contributed by atoms with Crippen molar-refractivity contribution in [1.82, 2.24) is 4.68 Å². The van der Waals surface area contributed by atoms with E-state index in [1.54, 1.807) is 5.38 Å². The summed E-state index contributed by atoms with van der Waals surface area (Å²) in [4.78, 5) is 4.57. The minimum Gasteiger partial charge on any atom is -0.337 e. The van der Waals surface area contributed by atoms with Gasteiger partial charge in [-0.2, -0.15) is 13.2 Å². The number of nitrogens with zero attached hydrogens (tertiary/aromatic N) is 2. The average Bonchev–Trinajstić information content (AvgIpc) is 2.96. The number of nitrogen functional groups attached to an aromatic ring is 1. The molecule has 0 unspecified atom stereocenters. The summed E-state index contributed by atoms with van der Waals surface area (Å²) in [7, 11) is 0. The molecule has 0 aliphatic rings. The lowest BCUT2D eigenvalue weighted by Crippen LogP contribution is -2.23. The number of aryl methyl sites for hydroxylation is 1. The first-order chi connectivity index (χ1) is 12.3. The average molecular weight is 434 g/mol. The molecule has 0 atom stereocenters. The van der Waals surface area contributed by atoms with Crippen LogP contribution in [0.25, 0.3) is 11.3 Å². The Morgan fingerprint density at radius 1 is 1.15 bits per heavy atom. The predicted octanol–water partition coefficient (Wildman–Crippen LogP) is 5.82. The van der Waals surface area contributed by atoms with Gasteiger partial charge in [-0.15, -0.1) is 23.7 Å². The number of thiazole rings is 1. The van der Waals surface area contributed by atoms with Gasteiger partial charge in [0.15, 0.2) is 0 Å². The number of rotatable bonds is 3. The maximum atomic E-state index is 12.9. The zero-order chi connectivity index (χ0) is 18.9. The van der Waals surface area contributed by atoms with E-state index in [0.717, 1.165) is 29.8 Å². The molecular weight excluding hydrogens is 418 g/mol. The van der Waals surface area contributed by atoms with Crippen molar-refractivity contribution in [2.45, 2.75) is 19.5 Å². The van der Waals surface area contributed by atoms with Crippen molar-refractivity contribution in [1.29, 1.82) is 0 Å². The molecule has 1 heterocycles. The van der Waals surface area contributed by atoms with Gasteiger partial charge in [-0.3, -0.25) is 0 Å². The predicted molar refractivity (Wildman–Crippen MR) is 106 cm³/mol. The van der Waals surface area contributed by atoms with Crippen LogP contribution in [0, 0.1) is 0 Å². The third-order valence-corrected chi connectivity index (χ3v) is 5.05. The summed E-state index contributed by atoms with van der Waals surface area (Å²) in [5, 5.41) is 1.93. The Kier molecular flexibility index (Phi) is 6.62. The van der Waals surface area contributed by atoms with Gasteiger partial charge in [0, 0.05) is 10.9 Å². The number of hydrogen-bond acceptors (Lipinski definition) is 3. The summed E-state index contributed by atoms with van der Waals surface area (Å²) in [6, 6.07) is 10.9. The molecular formula is C18H16Cl2F3N3S. The number of nitrogens with two attached hydrogens (primary N) is 1. The standard InChI is InChI=1S/C18H15ClF3N3S.ClH/c1-2-11-3-5-12(6-4-11)16-10-26-17(25(16)23)24-15-9-13(18(20,21)22)7-8-14(15)19;/h3-10H,2,23H2,1H3;1H. The van der Waals surface area contributed by atoms with Crippen molar-refractivity contribution in [3.05, 3.63) is 68.8 Å². The fraction of sp³-hybridized carbons (Fsp3) is 0.167. The molecule has 0 amide bonds. The van der Waals surface area contributed by atoms with E-state index >= 15 is 0 Å². The summed E-state index contributed by atoms with van der Waals surface area (Å²) in [6.45, 7) is 2.07. The molecule has 3 rings (SSSR count). The van der Waals surface area contributed by atoms with Crippen molar-refractivity contribution in [2.75, 3.05) is 5.84 Å². The zero-order valence-electron chi connectivity index (χ0n) is 14.1. The summed E-state index contributed by atoms with van der Waals surface area (Å²) in [6.07, 6.45) is -3.53. The molecule has 27 heavy (non-hydrogen) atoms. The number of alkyl halides is 3. The highest BCUT2D eigenvalue weighted by Gasteiger charge is 2.31. The molecule has 0 spiro atoms. The van der Waals surface area contributed by atoms with Crippen LogP contribution in [-0.2, 0) is 12.6 Å². The number of halogens is 5. The topological polar surface area (TPSA) is 43.3 Å². The molecule has 0 aliphatic heterocycles. The van der Waals surface area contributed by atoms with Crippen LogP contribution in [0.5, 0.6) is 0 Å². The summed E-state index contributed by atoms with van der Waals surface area (Å²) >= 11 is 7.23. The van der Waals surface area contributed by atoms with Gasteiger partial charge >= 0.3 is 6.18 Å². The van der Waals surface area contributed by atoms with E-state index in [2.05, 4.69) is 11.9 Å². The molecule has 0 aliphatic carbocycles. The van der Waals surface area contributed by atoms with E-state index in [-0.39, 0.29) is 23.1 Å². The first kappa shape index (κ1) is 21.3. The van der Waals surface area contributed by atoms with Gasteiger partial charge in [-0.05, 0) is 30.2 Å². The maximum absolute atomic E-state index is 12.9. The maximum Gasteiger partial charge on any atom is 0.416 e. The van der Waals surface area contributed by atoms with Crippen molar-refractivity contribution >= 4 is 41.0 Å². The summed E-state index contributed by atoms with van der Waals surface area (Å²) < 4.78 is 40.0. The first-order valence-electron chi connectivity index (χ1n) is 7.76. The fourth-order valence-electron chi connectivity index (χ4n) is 2.40. The van der Waals surface area contributed by atoms with E-state index in [9.17, 15) is 13.2 Å². The molecule has 144 valence electrons. The van der Waals surface area contributed by atoms with E-state index in [1.807, 2.05) is 24.3 Å². The summed E-state index contributed by atoms with van der Waals surface area (Å²) in [5.74, 6) is 6.10. The Morgan fingerprint density at radius 2 is 1.81 bits per heavy atom. The van der Waals surface area contributed by atoms with Crippen LogP contribution < -0.4 is 10.6 Å². The van der Waals surface area contributed by atoms with Crippen molar-refractivity contribution in [2.24, 2.45) is 4.99 Å². The third kappa shape index (κ3) is 4.66. The van der Waals surface area contributed by atoms with E-state index in [0.29, 0.717) is 4.80 Å². The van der Waals surface area contributed by atoms with Crippen LogP contribution in [-0.4, -0.2) is 4.68 Å². The van der Waals surface area contributed by atoms with Crippen LogP contribution in [0.1, 0.15) is 18.1 Å². The van der Waals surface area contributed by atoms with Crippen LogP contribution in [0.2, 0.25) is 5.02 Å². The highest BCUT2D eigenvalue weighted by atomic mass is 35.5. The second kappa shape index (κ2) is 8.37. The minimum atomic E-state index is -4.46. The molecule has 0 saturated carbocycles. The number of aromatic nitrogens is 1. The Balaban J connectivity index is 0.00000261. The lowest BCUT2D eigenvalue weighted by Gasteiger charge is -2.08. The molecule has 1 aromatic heterocycles. The van der Waals surface area contributed by atoms with Crippen molar-refractivity contribution in [3.8, 4) is 11.3 Å². The minimum absolute atomic E-state index is 0. The summed E-state index contributed by atoms with van der Waals surface area (Å²) in [5.41, 5.74) is 2.04. The van der Waals surface area contributed by atoms with Crippen LogP contribution >= 0.6 is 35.3 Å². The molecule has 2 aromatic carbocycles. The lowest BCUT2D eigenvalue weighted by atomic mass is 10.1. The van der Waals surface area contributed by atoms with Crippen molar-refractivity contribution in [3.63, 3.8) is 0 Å². The van der Waals surface area contributed by atoms with Gasteiger partial charge in [-0.25, -0.2) is 9.67 Å². The molecule has 0 fully saturated rings. The van der Waals surface area contributed by atoms with Crippen LogP contribution in [0.4, 0.5) is 18.9 Å². The van der Waals surface area contributed by atoms with Gasteiger partial charge in [0.1, 0.15) is 0 Å². The van der Waals surface area contributed by atoms with Crippen LogP contribution in [0.15, 0.2) is 52.8 Å². The molecule has 0 saturated heterocycles. The second-order valence-corrected chi connectivity index (χ2v) is 6.84. The van der Waals surface area contributed by atoms with Gasteiger partial charge in [0.05, 0.1) is 22.0 Å². The second-order valence-electron chi connectivity index (χ2n) is 5.60. The monoisotopic (exact) mass is 433 g/mol. The SMILES string of the molecule is CCc1ccc(-c2csc(=Nc3cc(C(F)(F)F)ccc3Cl)n2N)cc1.Cl. The molecule has 3 aromatic rings. The van der Waals surface area contributed by atoms with Crippen molar-refractivity contribution < 1.29 is 13.2 Å². The number of hydrogen-bond donors (Lipinski definition) is 1. The Labute approximate surface area is 169 Å². The van der Waals surface area contributed by atoms with Crippen LogP contribution in [0.3, 0.4) is 0 Å². The highest BCUT2D eigenvalue weighted by molar-refractivity contribution is 7.07. The highest BCUT2D eigenvalue weighted by Crippen LogP contribution is 2.35. The Hall–Kier alpha value is -1.96. The smallest absolute Gasteiger partial charge is 0.337 e. The lowest BCUT2D eigenvalue weighted by molar-refractivity contribution is -0.137. The normalized spacial score (nSPS) is 12.1. The van der Waals surface area contributed by atoms with Gasteiger partial charge in [-0.1, -0.05) is 42.8 Å². The van der Waals surface area contributed by atoms with E-state index < -0.39 is 11.7 Å². The fourth-order valence-corrected chi connectivity index (χ4v) is 3.39. The van der Waals surface area contributed by atoms with Gasteiger partial charge in [0.2, 0.25) is 4.80 Å². The zero-order valence-corrected chi connectivity index (χ0v) is 16.5.